The lowest BCUT2D eigenvalue weighted by atomic mass is 10.0. The number of fused-ring (bicyclic) bond motifs is 1. The summed E-state index contributed by atoms with van der Waals surface area (Å²) in [5, 5.41) is 0.806. The van der Waals surface area contributed by atoms with E-state index in [4.69, 9.17) is 9.47 Å². The average Bonchev–Trinajstić information content (AvgIpc) is 2.78. The van der Waals surface area contributed by atoms with Gasteiger partial charge in [-0.2, -0.15) is 0 Å². The van der Waals surface area contributed by atoms with Crippen molar-refractivity contribution in [2.75, 3.05) is 11.8 Å². The van der Waals surface area contributed by atoms with Gasteiger partial charge in [0.15, 0.2) is 0 Å². The van der Waals surface area contributed by atoms with Crippen LogP contribution in [0.25, 0.3) is 22.0 Å². The molecule has 0 saturated heterocycles. The SMILES string of the molecule is C=S(=O)(Nc1cc(-c2cc(OC(C)C)c3ncnc(C)c3c2)cnc1OC)c1ccc(F)cc1F. The molecular formula is C25H24F2N4O3S. The molecule has 1 unspecified atom stereocenters. The van der Waals surface area contributed by atoms with Gasteiger partial charge in [-0.1, -0.05) is 0 Å². The minimum Gasteiger partial charge on any atom is -0.489 e. The van der Waals surface area contributed by atoms with Gasteiger partial charge >= 0.3 is 0 Å². The second kappa shape index (κ2) is 9.46. The minimum absolute atomic E-state index is 0.0867. The number of hydrogen-bond acceptors (Lipinski definition) is 6. The molecule has 0 bridgehead atoms. The Balaban J connectivity index is 1.82. The third kappa shape index (κ3) is 5.02. The van der Waals surface area contributed by atoms with Crippen molar-refractivity contribution in [2.24, 2.45) is 0 Å². The molecular weight excluding hydrogens is 474 g/mol. The van der Waals surface area contributed by atoms with Gasteiger partial charge in [0.2, 0.25) is 5.88 Å². The van der Waals surface area contributed by atoms with Gasteiger partial charge in [0.05, 0.1) is 27.8 Å². The molecule has 10 heteroatoms. The molecule has 1 atom stereocenters. The van der Waals surface area contributed by atoms with Gasteiger partial charge in [0.1, 0.15) is 34.9 Å². The lowest BCUT2D eigenvalue weighted by Crippen LogP contribution is -2.15. The van der Waals surface area contributed by atoms with Gasteiger partial charge in [0, 0.05) is 28.9 Å². The molecule has 0 radical (unpaired) electrons. The Bertz CT molecular complexity index is 1530. The summed E-state index contributed by atoms with van der Waals surface area (Å²) >= 11 is 0. The van der Waals surface area contributed by atoms with Crippen molar-refractivity contribution in [3.63, 3.8) is 0 Å². The van der Waals surface area contributed by atoms with Crippen LogP contribution in [-0.4, -0.2) is 38.2 Å². The van der Waals surface area contributed by atoms with Gasteiger partial charge in [-0.15, -0.1) is 0 Å². The zero-order chi connectivity index (χ0) is 25.3. The Morgan fingerprint density at radius 2 is 1.83 bits per heavy atom. The molecule has 0 aliphatic carbocycles. The standard InChI is InChI=1S/C25H24F2N4O3S/c1-14(2)34-22-10-16(8-19-15(3)29-13-30-24(19)22)17-9-21(25(33-4)28-12-17)31-35(5,32)23-7-6-18(26)11-20(23)27/h6-14H,5H2,1-4H3,(H,31,32). The molecule has 2 heterocycles. The van der Waals surface area contributed by atoms with Crippen molar-refractivity contribution in [2.45, 2.75) is 31.8 Å². The molecule has 4 rings (SSSR count). The number of halogens is 2. The predicted octanol–water partition coefficient (Wildman–Crippen LogP) is 5.18. The summed E-state index contributed by atoms with van der Waals surface area (Å²) in [5.41, 5.74) is 3.07. The molecule has 182 valence electrons. The summed E-state index contributed by atoms with van der Waals surface area (Å²) in [5.74, 6) is 2.60. The highest BCUT2D eigenvalue weighted by molar-refractivity contribution is 8.01. The number of hydrogen-bond donors (Lipinski definition) is 1. The van der Waals surface area contributed by atoms with E-state index in [1.165, 1.54) is 13.4 Å². The summed E-state index contributed by atoms with van der Waals surface area (Å²) in [7, 11) is -2.01. The zero-order valence-corrected chi connectivity index (χ0v) is 20.5. The lowest BCUT2D eigenvalue weighted by molar-refractivity contribution is 0.245. The smallest absolute Gasteiger partial charge is 0.238 e. The fourth-order valence-corrected chi connectivity index (χ4v) is 4.86. The molecule has 7 nitrogen and oxygen atoms in total. The molecule has 2 aromatic carbocycles. The first-order valence-corrected chi connectivity index (χ1v) is 12.4. The predicted molar refractivity (Wildman–Crippen MR) is 133 cm³/mol. The fourth-order valence-electron chi connectivity index (χ4n) is 3.59. The number of ether oxygens (including phenoxy) is 2. The Hall–Kier alpha value is -3.79. The summed E-state index contributed by atoms with van der Waals surface area (Å²) in [6.07, 6.45) is 2.99. The summed E-state index contributed by atoms with van der Waals surface area (Å²) in [4.78, 5) is 12.7. The van der Waals surface area contributed by atoms with E-state index >= 15 is 0 Å². The number of rotatable bonds is 7. The quantitative estimate of drug-likeness (QED) is 0.354. The fraction of sp³-hybridized carbons (Fsp3) is 0.200. The lowest BCUT2D eigenvalue weighted by Gasteiger charge is -2.17. The number of pyridine rings is 1. The first-order chi connectivity index (χ1) is 16.6. The highest BCUT2D eigenvalue weighted by atomic mass is 32.2. The second-order valence-electron chi connectivity index (χ2n) is 8.13. The van der Waals surface area contributed by atoms with Gasteiger partial charge in [0.25, 0.3) is 0 Å². The Kier molecular flexibility index (Phi) is 6.58. The topological polar surface area (TPSA) is 86.2 Å². The van der Waals surface area contributed by atoms with Crippen molar-refractivity contribution in [1.82, 2.24) is 15.0 Å². The minimum atomic E-state index is -3.41. The molecule has 0 spiro atoms. The Morgan fingerprint density at radius 1 is 1.06 bits per heavy atom. The first kappa shape index (κ1) is 24.3. The van der Waals surface area contributed by atoms with Crippen LogP contribution in [0.4, 0.5) is 14.5 Å². The van der Waals surface area contributed by atoms with E-state index in [1.54, 1.807) is 12.3 Å². The van der Waals surface area contributed by atoms with E-state index in [1.807, 2.05) is 32.9 Å². The van der Waals surface area contributed by atoms with E-state index < -0.39 is 21.3 Å². The van der Waals surface area contributed by atoms with E-state index in [-0.39, 0.29) is 22.6 Å². The van der Waals surface area contributed by atoms with E-state index in [0.29, 0.717) is 22.9 Å². The van der Waals surface area contributed by atoms with Crippen molar-refractivity contribution in [1.29, 1.82) is 0 Å². The molecule has 2 aromatic heterocycles. The van der Waals surface area contributed by atoms with E-state index in [2.05, 4.69) is 25.5 Å². The molecule has 4 aromatic rings. The molecule has 0 aliphatic heterocycles. The average molecular weight is 499 g/mol. The van der Waals surface area contributed by atoms with Gasteiger partial charge in [-0.3, -0.25) is 0 Å². The summed E-state index contributed by atoms with van der Waals surface area (Å²) < 4.78 is 55.0. The molecule has 35 heavy (non-hydrogen) atoms. The van der Waals surface area contributed by atoms with Crippen molar-refractivity contribution >= 4 is 32.2 Å². The molecule has 0 aliphatic rings. The van der Waals surface area contributed by atoms with Crippen LogP contribution >= 0.6 is 0 Å². The van der Waals surface area contributed by atoms with Crippen LogP contribution in [0.3, 0.4) is 0 Å². The Morgan fingerprint density at radius 3 is 2.51 bits per heavy atom. The summed E-state index contributed by atoms with van der Waals surface area (Å²) in [6, 6.07) is 8.18. The number of anilines is 1. The number of aryl methyl sites for hydroxylation is 1. The third-order valence-corrected chi connectivity index (χ3v) is 6.76. The van der Waals surface area contributed by atoms with Crippen LogP contribution in [0.1, 0.15) is 19.5 Å². The highest BCUT2D eigenvalue weighted by Crippen LogP contribution is 2.36. The maximum atomic E-state index is 14.3. The van der Waals surface area contributed by atoms with Crippen LogP contribution in [-0.2, 0) is 9.71 Å². The first-order valence-electron chi connectivity index (χ1n) is 10.7. The Labute approximate surface area is 202 Å². The normalized spacial score (nSPS) is 13.0. The van der Waals surface area contributed by atoms with Crippen LogP contribution < -0.4 is 14.2 Å². The number of methoxy groups -OCH3 is 1. The van der Waals surface area contributed by atoms with Gasteiger partial charge in [-0.05, 0) is 62.5 Å². The molecule has 0 fully saturated rings. The second-order valence-corrected chi connectivity index (χ2v) is 10.1. The zero-order valence-electron chi connectivity index (χ0n) is 19.6. The largest absolute Gasteiger partial charge is 0.489 e. The van der Waals surface area contributed by atoms with Gasteiger partial charge in [-0.25, -0.2) is 27.9 Å². The van der Waals surface area contributed by atoms with Crippen LogP contribution in [0.5, 0.6) is 11.6 Å². The summed E-state index contributed by atoms with van der Waals surface area (Å²) in [6.45, 7) is 5.72. The molecule has 1 N–H and O–H groups in total. The monoisotopic (exact) mass is 498 g/mol. The van der Waals surface area contributed by atoms with Crippen molar-refractivity contribution < 1.29 is 22.5 Å². The maximum absolute atomic E-state index is 14.3. The highest BCUT2D eigenvalue weighted by Gasteiger charge is 2.19. The third-order valence-electron chi connectivity index (χ3n) is 5.17. The van der Waals surface area contributed by atoms with Crippen LogP contribution in [0.2, 0.25) is 0 Å². The van der Waals surface area contributed by atoms with Gasteiger partial charge < -0.3 is 14.2 Å². The van der Waals surface area contributed by atoms with Crippen molar-refractivity contribution in [3.05, 3.63) is 66.3 Å². The van der Waals surface area contributed by atoms with E-state index in [0.717, 1.165) is 28.8 Å². The van der Waals surface area contributed by atoms with E-state index in [9.17, 15) is 13.0 Å². The molecule has 0 amide bonds. The maximum Gasteiger partial charge on any atom is 0.238 e. The van der Waals surface area contributed by atoms with Crippen molar-refractivity contribution in [3.8, 4) is 22.8 Å². The number of aromatic nitrogens is 3. The van der Waals surface area contributed by atoms with Crippen LogP contribution in [0, 0.1) is 18.6 Å². The molecule has 0 saturated carbocycles. The van der Waals surface area contributed by atoms with Crippen LogP contribution in [0.15, 0.2) is 53.8 Å². The number of nitrogens with zero attached hydrogens (tertiary/aromatic N) is 3. The number of benzene rings is 2. The number of nitrogens with one attached hydrogen (secondary N) is 1.